The normalized spacial score (nSPS) is 14.9. The van der Waals surface area contributed by atoms with Gasteiger partial charge in [-0.1, -0.05) is 72.1 Å². The van der Waals surface area contributed by atoms with E-state index < -0.39 is 10.0 Å². The highest BCUT2D eigenvalue weighted by Crippen LogP contribution is 2.22. The summed E-state index contributed by atoms with van der Waals surface area (Å²) in [5.41, 5.74) is 0. The van der Waals surface area contributed by atoms with E-state index in [1.165, 1.54) is 51.4 Å². The lowest BCUT2D eigenvalue weighted by atomic mass is 9.91. The van der Waals surface area contributed by atoms with Crippen molar-refractivity contribution in [2.24, 2.45) is 5.92 Å². The molecular weight excluding hydrogens is 294 g/mol. The molecule has 0 aliphatic heterocycles. The second-order valence-corrected chi connectivity index (χ2v) is 8.84. The van der Waals surface area contributed by atoms with E-state index in [0.717, 1.165) is 18.8 Å². The summed E-state index contributed by atoms with van der Waals surface area (Å²) in [6, 6.07) is 0. The van der Waals surface area contributed by atoms with Crippen molar-refractivity contribution in [1.29, 1.82) is 0 Å². The van der Waals surface area contributed by atoms with Crippen LogP contribution >= 0.6 is 0 Å². The van der Waals surface area contributed by atoms with Crippen LogP contribution in [0.15, 0.2) is 0 Å². The zero-order valence-electron chi connectivity index (χ0n) is 15.4. The third kappa shape index (κ3) is 10.6. The molecule has 0 amide bonds. The Hall–Kier alpha value is -0.0900. The van der Waals surface area contributed by atoms with Gasteiger partial charge in [-0.2, -0.15) is 0 Å². The molecule has 2 unspecified atom stereocenters. The van der Waals surface area contributed by atoms with Gasteiger partial charge in [-0.05, 0) is 32.1 Å². The summed E-state index contributed by atoms with van der Waals surface area (Å²) in [6.07, 6.45) is 13.3. The van der Waals surface area contributed by atoms with Gasteiger partial charge in [0.05, 0.1) is 5.25 Å². The van der Waals surface area contributed by atoms with Gasteiger partial charge in [0.25, 0.3) is 0 Å². The summed E-state index contributed by atoms with van der Waals surface area (Å²) in [6.45, 7) is 8.79. The smallest absolute Gasteiger partial charge is 0.214 e. The van der Waals surface area contributed by atoms with E-state index in [9.17, 15) is 8.42 Å². The van der Waals surface area contributed by atoms with Crippen LogP contribution < -0.4 is 4.72 Å². The van der Waals surface area contributed by atoms with Gasteiger partial charge in [-0.15, -0.1) is 0 Å². The molecule has 2 atom stereocenters. The van der Waals surface area contributed by atoms with E-state index in [4.69, 9.17) is 0 Å². The lowest BCUT2D eigenvalue weighted by Gasteiger charge is -2.17. The van der Waals surface area contributed by atoms with Crippen molar-refractivity contribution in [3.8, 4) is 0 Å². The standard InChI is InChI=1S/C18H39NO2S/c1-5-8-10-11-14-18(13-9-6-2)15-12-16-19-22(20,21)17(4)7-3/h17-19H,5-16H2,1-4H3. The lowest BCUT2D eigenvalue weighted by molar-refractivity contribution is 0.379. The fraction of sp³-hybridized carbons (Fsp3) is 1.00. The quantitative estimate of drug-likeness (QED) is 0.415. The summed E-state index contributed by atoms with van der Waals surface area (Å²) in [7, 11) is -3.10. The first-order chi connectivity index (χ1) is 10.5. The second-order valence-electron chi connectivity index (χ2n) is 6.66. The van der Waals surface area contributed by atoms with Crippen LogP contribution in [0.1, 0.15) is 98.3 Å². The van der Waals surface area contributed by atoms with Crippen LogP contribution in [0.25, 0.3) is 0 Å². The third-order valence-corrected chi connectivity index (χ3v) is 6.63. The molecule has 0 aliphatic carbocycles. The van der Waals surface area contributed by atoms with Gasteiger partial charge in [-0.3, -0.25) is 0 Å². The van der Waals surface area contributed by atoms with Crippen LogP contribution in [0.3, 0.4) is 0 Å². The Morgan fingerprint density at radius 1 is 0.818 bits per heavy atom. The molecule has 4 heteroatoms. The molecule has 0 aromatic heterocycles. The minimum atomic E-state index is -3.10. The van der Waals surface area contributed by atoms with Crippen LogP contribution in [-0.4, -0.2) is 20.2 Å². The van der Waals surface area contributed by atoms with E-state index in [1.54, 1.807) is 6.92 Å². The number of hydrogen-bond acceptors (Lipinski definition) is 2. The molecule has 0 rings (SSSR count). The maximum absolute atomic E-state index is 11.9. The molecule has 1 N–H and O–H groups in total. The first kappa shape index (κ1) is 21.9. The van der Waals surface area contributed by atoms with Gasteiger partial charge >= 0.3 is 0 Å². The number of sulfonamides is 1. The van der Waals surface area contributed by atoms with Crippen LogP contribution in [0, 0.1) is 5.92 Å². The molecule has 22 heavy (non-hydrogen) atoms. The summed E-state index contributed by atoms with van der Waals surface area (Å²) >= 11 is 0. The molecule has 0 bridgehead atoms. The Labute approximate surface area is 139 Å². The molecule has 0 spiro atoms. The fourth-order valence-electron chi connectivity index (χ4n) is 2.75. The minimum Gasteiger partial charge on any atom is -0.215 e. The molecule has 0 radical (unpaired) electrons. The molecule has 0 saturated carbocycles. The minimum absolute atomic E-state index is 0.280. The van der Waals surface area contributed by atoms with E-state index in [-0.39, 0.29) is 5.25 Å². The van der Waals surface area contributed by atoms with Gasteiger partial charge in [0.2, 0.25) is 10.0 Å². The first-order valence-electron chi connectivity index (χ1n) is 9.46. The van der Waals surface area contributed by atoms with Crippen LogP contribution in [0.5, 0.6) is 0 Å². The maximum atomic E-state index is 11.9. The number of nitrogens with one attached hydrogen (secondary N) is 1. The molecule has 134 valence electrons. The average molecular weight is 334 g/mol. The zero-order valence-corrected chi connectivity index (χ0v) is 16.2. The highest BCUT2D eigenvalue weighted by Gasteiger charge is 2.17. The summed E-state index contributed by atoms with van der Waals surface area (Å²) in [5.74, 6) is 0.782. The summed E-state index contributed by atoms with van der Waals surface area (Å²) in [4.78, 5) is 0. The molecule has 0 saturated heterocycles. The number of unbranched alkanes of at least 4 members (excludes halogenated alkanes) is 4. The maximum Gasteiger partial charge on any atom is 0.214 e. The van der Waals surface area contributed by atoms with Crippen molar-refractivity contribution in [1.82, 2.24) is 4.72 Å². The Morgan fingerprint density at radius 3 is 2.00 bits per heavy atom. The van der Waals surface area contributed by atoms with Crippen molar-refractivity contribution in [2.45, 2.75) is 104 Å². The largest absolute Gasteiger partial charge is 0.215 e. The van der Waals surface area contributed by atoms with E-state index >= 15 is 0 Å². The molecule has 0 fully saturated rings. The Bertz CT molecular complexity index is 341. The van der Waals surface area contributed by atoms with Crippen molar-refractivity contribution >= 4 is 10.0 Å². The fourth-order valence-corrected chi connectivity index (χ4v) is 3.90. The van der Waals surface area contributed by atoms with Crippen LogP contribution in [-0.2, 0) is 10.0 Å². The lowest BCUT2D eigenvalue weighted by Crippen LogP contribution is -2.33. The molecular formula is C18H39NO2S. The van der Waals surface area contributed by atoms with Crippen molar-refractivity contribution in [3.05, 3.63) is 0 Å². The first-order valence-corrected chi connectivity index (χ1v) is 11.0. The molecule has 0 aromatic carbocycles. The van der Waals surface area contributed by atoms with Crippen molar-refractivity contribution in [2.75, 3.05) is 6.54 Å². The van der Waals surface area contributed by atoms with E-state index in [0.29, 0.717) is 13.0 Å². The van der Waals surface area contributed by atoms with Crippen molar-refractivity contribution < 1.29 is 8.42 Å². The number of rotatable bonds is 15. The van der Waals surface area contributed by atoms with Gasteiger partial charge in [0.15, 0.2) is 0 Å². The summed E-state index contributed by atoms with van der Waals surface area (Å²) < 4.78 is 26.6. The zero-order chi connectivity index (χ0) is 16.8. The van der Waals surface area contributed by atoms with E-state index in [1.807, 2.05) is 6.92 Å². The predicted octanol–water partition coefficient (Wildman–Crippen LogP) is 5.26. The SMILES string of the molecule is CCCCCCC(CCCC)CCCNS(=O)(=O)C(C)CC. The van der Waals surface area contributed by atoms with E-state index in [2.05, 4.69) is 18.6 Å². The molecule has 0 heterocycles. The molecule has 3 nitrogen and oxygen atoms in total. The predicted molar refractivity (Wildman–Crippen MR) is 97.7 cm³/mol. The highest BCUT2D eigenvalue weighted by atomic mass is 32.2. The molecule has 0 aliphatic rings. The Kier molecular flexibility index (Phi) is 13.3. The highest BCUT2D eigenvalue weighted by molar-refractivity contribution is 7.90. The van der Waals surface area contributed by atoms with Gasteiger partial charge in [-0.25, -0.2) is 13.1 Å². The average Bonchev–Trinajstić information content (AvgIpc) is 2.51. The van der Waals surface area contributed by atoms with Gasteiger partial charge in [0.1, 0.15) is 0 Å². The molecule has 0 aromatic rings. The summed E-state index contributed by atoms with van der Waals surface area (Å²) in [5, 5.41) is -0.280. The Morgan fingerprint density at radius 2 is 1.41 bits per heavy atom. The van der Waals surface area contributed by atoms with Gasteiger partial charge < -0.3 is 0 Å². The van der Waals surface area contributed by atoms with Crippen molar-refractivity contribution in [3.63, 3.8) is 0 Å². The number of hydrogen-bond donors (Lipinski definition) is 1. The monoisotopic (exact) mass is 333 g/mol. The third-order valence-electron chi connectivity index (χ3n) is 4.63. The second kappa shape index (κ2) is 13.4. The van der Waals surface area contributed by atoms with Crippen LogP contribution in [0.2, 0.25) is 0 Å². The van der Waals surface area contributed by atoms with Gasteiger partial charge in [0, 0.05) is 6.54 Å². The topological polar surface area (TPSA) is 46.2 Å². The van der Waals surface area contributed by atoms with Crippen LogP contribution in [0.4, 0.5) is 0 Å². The Balaban J connectivity index is 4.00.